The van der Waals surface area contributed by atoms with Crippen molar-refractivity contribution in [1.29, 1.82) is 0 Å². The summed E-state index contributed by atoms with van der Waals surface area (Å²) >= 11 is 3.99. The lowest BCUT2D eigenvalue weighted by Gasteiger charge is -2.30. The van der Waals surface area contributed by atoms with Gasteiger partial charge in [0.1, 0.15) is 11.5 Å². The minimum absolute atomic E-state index is 0.0812. The average Bonchev–Trinajstić information content (AvgIpc) is 3.14. The Hall–Kier alpha value is -4.00. The van der Waals surface area contributed by atoms with Crippen molar-refractivity contribution in [2.24, 2.45) is 0 Å². The summed E-state index contributed by atoms with van der Waals surface area (Å²) in [4.78, 5) is 9.96. The minimum atomic E-state index is -0.0812. The number of aromatic hydroxyl groups is 2. The van der Waals surface area contributed by atoms with E-state index in [9.17, 15) is 10.2 Å². The SMILES string of the molecule is CC(C)(C)c1cc(CSC2CCCCCCC2SCc2cc(C(C)(C)C)cc(-c3ccc4ccccc4n3)c2O)c(O)c(-c2ccc3ccccc3n2)c1. The lowest BCUT2D eigenvalue weighted by Crippen LogP contribution is -2.22. The highest BCUT2D eigenvalue weighted by Gasteiger charge is 2.27. The molecule has 4 nitrogen and oxygen atoms in total. The van der Waals surface area contributed by atoms with Gasteiger partial charge in [-0.15, -0.1) is 0 Å². The Balaban J connectivity index is 1.17. The fourth-order valence-electron chi connectivity index (χ4n) is 7.49. The Morgan fingerprint density at radius 1 is 0.537 bits per heavy atom. The second kappa shape index (κ2) is 16.0. The molecule has 0 amide bonds. The molecular formula is C48H54N2O2S2. The first-order chi connectivity index (χ1) is 25.8. The first kappa shape index (κ1) is 38.3. The number of pyridine rings is 2. The zero-order chi connectivity index (χ0) is 38.0. The third kappa shape index (κ3) is 8.61. The van der Waals surface area contributed by atoms with Crippen LogP contribution in [0.4, 0.5) is 0 Å². The van der Waals surface area contributed by atoms with Crippen molar-refractivity contribution >= 4 is 45.3 Å². The smallest absolute Gasteiger partial charge is 0.129 e. The molecule has 1 fully saturated rings. The van der Waals surface area contributed by atoms with E-state index in [0.29, 0.717) is 22.0 Å². The van der Waals surface area contributed by atoms with E-state index in [0.717, 1.165) is 79.8 Å². The molecule has 7 rings (SSSR count). The molecule has 2 unspecified atom stereocenters. The average molecular weight is 755 g/mol. The molecule has 1 aliphatic rings. The topological polar surface area (TPSA) is 66.2 Å². The van der Waals surface area contributed by atoms with Gasteiger partial charge in [-0.2, -0.15) is 23.5 Å². The Morgan fingerprint density at radius 2 is 0.944 bits per heavy atom. The molecule has 1 saturated carbocycles. The monoisotopic (exact) mass is 754 g/mol. The molecule has 0 bridgehead atoms. The van der Waals surface area contributed by atoms with Crippen molar-refractivity contribution in [3.8, 4) is 34.0 Å². The first-order valence-corrected chi connectivity index (χ1v) is 21.6. The van der Waals surface area contributed by atoms with E-state index in [1.807, 2.05) is 72.1 Å². The molecule has 1 aliphatic carbocycles. The molecule has 6 aromatic rings. The van der Waals surface area contributed by atoms with E-state index < -0.39 is 0 Å². The normalized spacial score (nSPS) is 17.1. The summed E-state index contributed by atoms with van der Waals surface area (Å²) in [6, 6.07) is 33.3. The van der Waals surface area contributed by atoms with E-state index in [2.05, 4.69) is 90.1 Å². The lowest BCUT2D eigenvalue weighted by molar-refractivity contribution is 0.470. The Labute approximate surface area is 330 Å². The zero-order valence-electron chi connectivity index (χ0n) is 32.7. The number of hydrogen-bond donors (Lipinski definition) is 2. The zero-order valence-corrected chi connectivity index (χ0v) is 34.3. The summed E-state index contributed by atoms with van der Waals surface area (Å²) in [5.41, 5.74) is 9.28. The highest BCUT2D eigenvalue weighted by Crippen LogP contribution is 2.44. The second-order valence-corrected chi connectivity index (χ2v) is 19.5. The number of thioether (sulfide) groups is 2. The van der Waals surface area contributed by atoms with Crippen LogP contribution in [0, 0.1) is 0 Å². The molecule has 2 heterocycles. The Bertz CT molecular complexity index is 2110. The third-order valence-electron chi connectivity index (χ3n) is 10.9. The summed E-state index contributed by atoms with van der Waals surface area (Å²) in [5, 5.41) is 26.8. The fraction of sp³-hybridized carbons (Fsp3) is 0.375. The van der Waals surface area contributed by atoms with Gasteiger partial charge >= 0.3 is 0 Å². The van der Waals surface area contributed by atoms with Crippen LogP contribution >= 0.6 is 23.5 Å². The van der Waals surface area contributed by atoms with E-state index in [1.54, 1.807) is 0 Å². The molecule has 6 heteroatoms. The van der Waals surface area contributed by atoms with Crippen LogP contribution in [-0.4, -0.2) is 30.7 Å². The molecule has 280 valence electrons. The number of nitrogens with zero attached hydrogens (tertiary/aromatic N) is 2. The molecule has 0 aliphatic heterocycles. The van der Waals surface area contributed by atoms with Crippen LogP contribution in [0.3, 0.4) is 0 Å². The van der Waals surface area contributed by atoms with Gasteiger partial charge in [0.05, 0.1) is 22.4 Å². The number of fused-ring (bicyclic) bond motifs is 2. The summed E-state index contributed by atoms with van der Waals surface area (Å²) < 4.78 is 0. The Kier molecular flexibility index (Phi) is 11.3. The van der Waals surface area contributed by atoms with Gasteiger partial charge in [-0.3, -0.25) is 0 Å². The third-order valence-corrected chi connectivity index (χ3v) is 14.0. The van der Waals surface area contributed by atoms with Crippen LogP contribution in [0.1, 0.15) is 102 Å². The number of hydrogen-bond acceptors (Lipinski definition) is 6. The summed E-state index contributed by atoms with van der Waals surface area (Å²) in [6.45, 7) is 13.4. The Morgan fingerprint density at radius 3 is 1.35 bits per heavy atom. The van der Waals surface area contributed by atoms with Crippen LogP contribution in [-0.2, 0) is 22.3 Å². The van der Waals surface area contributed by atoms with Crippen LogP contribution in [0.25, 0.3) is 44.3 Å². The van der Waals surface area contributed by atoms with Crippen molar-refractivity contribution in [2.45, 2.75) is 113 Å². The molecule has 0 saturated heterocycles. The van der Waals surface area contributed by atoms with Crippen LogP contribution in [0.5, 0.6) is 11.5 Å². The maximum atomic E-state index is 11.9. The van der Waals surface area contributed by atoms with Gasteiger partial charge < -0.3 is 10.2 Å². The second-order valence-electron chi connectivity index (χ2n) is 17.0. The van der Waals surface area contributed by atoms with E-state index >= 15 is 0 Å². The minimum Gasteiger partial charge on any atom is -0.507 e. The van der Waals surface area contributed by atoms with Crippen molar-refractivity contribution in [3.05, 3.63) is 119 Å². The highest BCUT2D eigenvalue weighted by atomic mass is 32.2. The van der Waals surface area contributed by atoms with Crippen molar-refractivity contribution in [3.63, 3.8) is 0 Å². The van der Waals surface area contributed by atoms with Gasteiger partial charge in [-0.1, -0.05) is 128 Å². The number of para-hydroxylation sites is 2. The van der Waals surface area contributed by atoms with Gasteiger partial charge in [0, 0.05) is 55.0 Å². The lowest BCUT2D eigenvalue weighted by atomic mass is 9.84. The molecule has 0 spiro atoms. The van der Waals surface area contributed by atoms with Crippen LogP contribution < -0.4 is 0 Å². The van der Waals surface area contributed by atoms with E-state index in [1.165, 1.54) is 36.8 Å². The summed E-state index contributed by atoms with van der Waals surface area (Å²) in [6.07, 6.45) is 7.29. The van der Waals surface area contributed by atoms with Gasteiger partial charge in [0.15, 0.2) is 0 Å². The number of rotatable bonds is 8. The maximum Gasteiger partial charge on any atom is 0.129 e. The summed E-state index contributed by atoms with van der Waals surface area (Å²) in [5.74, 6) is 2.15. The molecule has 4 aromatic carbocycles. The number of aromatic nitrogens is 2. The first-order valence-electron chi connectivity index (χ1n) is 19.5. The van der Waals surface area contributed by atoms with Gasteiger partial charge in [-0.05, 0) is 71.2 Å². The van der Waals surface area contributed by atoms with E-state index in [-0.39, 0.29) is 10.8 Å². The predicted octanol–water partition coefficient (Wildman–Crippen LogP) is 13.4. The molecule has 2 N–H and O–H groups in total. The predicted molar refractivity (Wildman–Crippen MR) is 233 cm³/mol. The number of benzene rings is 4. The van der Waals surface area contributed by atoms with Crippen molar-refractivity contribution in [1.82, 2.24) is 9.97 Å². The summed E-state index contributed by atoms with van der Waals surface area (Å²) in [7, 11) is 0. The number of phenols is 2. The molecule has 54 heavy (non-hydrogen) atoms. The van der Waals surface area contributed by atoms with Gasteiger partial charge in [-0.25, -0.2) is 9.97 Å². The molecule has 2 aromatic heterocycles. The number of phenolic OH excluding ortho intramolecular Hbond substituents is 2. The van der Waals surface area contributed by atoms with Crippen molar-refractivity contribution in [2.75, 3.05) is 0 Å². The van der Waals surface area contributed by atoms with E-state index in [4.69, 9.17) is 9.97 Å². The van der Waals surface area contributed by atoms with Gasteiger partial charge in [0.2, 0.25) is 0 Å². The standard InChI is InChI=1S/C48H54N2O2S2/c1-47(2,3)35-25-33(45(51)37(27-35)41-23-21-31-15-11-13-17-39(31)49-41)29-53-43-19-9-7-8-10-20-44(43)54-30-34-26-36(48(4,5)6)28-38(46(34)52)42-24-22-32-16-12-14-18-40(32)50-42/h11-18,21-28,43-44,51-52H,7-10,19-20,29-30H2,1-6H3. The van der Waals surface area contributed by atoms with Crippen LogP contribution in [0.2, 0.25) is 0 Å². The van der Waals surface area contributed by atoms with Gasteiger partial charge in [0.25, 0.3) is 0 Å². The quantitative estimate of drug-likeness (QED) is 0.161. The molecule has 2 atom stereocenters. The molecular weight excluding hydrogens is 701 g/mol. The highest BCUT2D eigenvalue weighted by molar-refractivity contribution is 8.03. The molecule has 0 radical (unpaired) electrons. The van der Waals surface area contributed by atoms with Crippen molar-refractivity contribution < 1.29 is 10.2 Å². The van der Waals surface area contributed by atoms with Crippen LogP contribution in [0.15, 0.2) is 97.1 Å². The largest absolute Gasteiger partial charge is 0.507 e. The maximum absolute atomic E-state index is 11.9. The fourth-order valence-corrected chi connectivity index (χ4v) is 10.6.